The number of sulfone groups is 1. The van der Waals surface area contributed by atoms with E-state index in [1.54, 1.807) is 17.0 Å². The van der Waals surface area contributed by atoms with Crippen molar-refractivity contribution in [2.75, 3.05) is 18.5 Å². The number of hydrogen-bond acceptors (Lipinski definition) is 8. The van der Waals surface area contributed by atoms with Crippen molar-refractivity contribution < 1.29 is 32.3 Å². The van der Waals surface area contributed by atoms with Crippen LogP contribution < -0.4 is 11.1 Å². The number of carbonyl (C=O) groups is 3. The molecule has 0 radical (unpaired) electrons. The van der Waals surface area contributed by atoms with Crippen molar-refractivity contribution in [3.8, 4) is 0 Å². The summed E-state index contributed by atoms with van der Waals surface area (Å²) in [4.78, 5) is 39.6. The number of amides is 2. The van der Waals surface area contributed by atoms with E-state index in [0.717, 1.165) is 12.5 Å². The molecule has 1 aliphatic heterocycles. The first-order valence-electron chi connectivity index (χ1n) is 11.8. The fourth-order valence-electron chi connectivity index (χ4n) is 4.35. The minimum atomic E-state index is -3.63. The number of halogens is 2. The van der Waals surface area contributed by atoms with Gasteiger partial charge in [-0.25, -0.2) is 13.2 Å². The van der Waals surface area contributed by atoms with Crippen LogP contribution >= 0.6 is 23.2 Å². The zero-order chi connectivity index (χ0) is 29.4. The van der Waals surface area contributed by atoms with Gasteiger partial charge < -0.3 is 30.9 Å². The molecule has 2 aromatic carbocycles. The van der Waals surface area contributed by atoms with E-state index >= 15 is 0 Å². The smallest absolute Gasteiger partial charge is 0.326 e. The number of carboxylic acid groups (broad SMARTS) is 1. The monoisotopic (exact) mass is 606 g/mol. The zero-order valence-corrected chi connectivity index (χ0v) is 23.4. The predicted molar refractivity (Wildman–Crippen MR) is 148 cm³/mol. The van der Waals surface area contributed by atoms with Crippen molar-refractivity contribution in [2.24, 2.45) is 0 Å². The van der Waals surface area contributed by atoms with Crippen molar-refractivity contribution in [3.63, 3.8) is 0 Å². The Morgan fingerprint density at radius 1 is 1.23 bits per heavy atom. The number of hydrogen-bond donors (Lipinski definition) is 4. The average molecular weight is 607 g/mol. The van der Waals surface area contributed by atoms with Crippen molar-refractivity contribution >= 4 is 62.7 Å². The highest BCUT2D eigenvalue weighted by atomic mass is 35.5. The van der Waals surface area contributed by atoms with Gasteiger partial charge in [0, 0.05) is 48.8 Å². The van der Waals surface area contributed by atoms with Gasteiger partial charge in [-0.15, -0.1) is 0 Å². The van der Waals surface area contributed by atoms with Gasteiger partial charge in [-0.05, 0) is 47.9 Å². The molecule has 1 aromatic heterocycles. The molecule has 4 rings (SSSR count). The molecule has 2 heterocycles. The summed E-state index contributed by atoms with van der Waals surface area (Å²) in [5.74, 6) is -2.43. The molecule has 1 aliphatic rings. The number of carbonyl (C=O) groups excluding carboxylic acids is 2. The third-order valence-electron chi connectivity index (χ3n) is 6.42. The van der Waals surface area contributed by atoms with Crippen LogP contribution in [0.25, 0.3) is 0 Å². The van der Waals surface area contributed by atoms with E-state index in [9.17, 15) is 27.9 Å². The molecule has 0 fully saturated rings. The van der Waals surface area contributed by atoms with Gasteiger partial charge in [0.2, 0.25) is 14.9 Å². The van der Waals surface area contributed by atoms with Crippen molar-refractivity contribution in [1.82, 2.24) is 10.2 Å². The van der Waals surface area contributed by atoms with Crippen LogP contribution in [0.3, 0.4) is 0 Å². The largest absolute Gasteiger partial charge is 0.480 e. The number of rotatable bonds is 8. The molecule has 210 valence electrons. The predicted octanol–water partition coefficient (Wildman–Crippen LogP) is 3.19. The van der Waals surface area contributed by atoms with E-state index in [-0.39, 0.29) is 45.3 Å². The van der Waals surface area contributed by atoms with Gasteiger partial charge in [0.25, 0.3) is 11.8 Å². The summed E-state index contributed by atoms with van der Waals surface area (Å²) in [7, 11) is -3.63. The van der Waals surface area contributed by atoms with Crippen molar-refractivity contribution in [1.29, 1.82) is 5.41 Å². The summed E-state index contributed by atoms with van der Waals surface area (Å²) < 4.78 is 28.5. The lowest BCUT2D eigenvalue weighted by atomic mass is 9.95. The quantitative estimate of drug-likeness (QED) is 0.222. The van der Waals surface area contributed by atoms with Crippen LogP contribution in [0, 0.1) is 5.41 Å². The van der Waals surface area contributed by atoms with Crippen LogP contribution in [0.15, 0.2) is 45.9 Å². The Hall–Kier alpha value is -3.87. The lowest BCUT2D eigenvalue weighted by Gasteiger charge is -2.30. The summed E-state index contributed by atoms with van der Waals surface area (Å²) in [6.45, 7) is 0.458. The third-order valence-corrected chi connectivity index (χ3v) is 8.08. The number of nitrogens with zero attached hydrogens (tertiary/aromatic N) is 1. The number of benzene rings is 2. The maximum Gasteiger partial charge on any atom is 0.326 e. The van der Waals surface area contributed by atoms with Gasteiger partial charge in [-0.2, -0.15) is 0 Å². The Labute approximate surface area is 239 Å². The first-order chi connectivity index (χ1) is 18.8. The van der Waals surface area contributed by atoms with Crippen LogP contribution in [-0.4, -0.2) is 61.3 Å². The van der Waals surface area contributed by atoms with E-state index in [2.05, 4.69) is 5.32 Å². The van der Waals surface area contributed by atoms with Gasteiger partial charge in [0.05, 0.1) is 15.6 Å². The van der Waals surface area contributed by atoms with Crippen LogP contribution in [0.4, 0.5) is 5.69 Å². The Morgan fingerprint density at radius 3 is 2.55 bits per heavy atom. The van der Waals surface area contributed by atoms with Gasteiger partial charge in [0.1, 0.15) is 11.8 Å². The number of anilines is 1. The molecule has 5 N–H and O–H groups in total. The summed E-state index contributed by atoms with van der Waals surface area (Å²) in [5.41, 5.74) is 8.21. The Morgan fingerprint density at radius 2 is 1.95 bits per heavy atom. The SMILES string of the molecule is CS(=O)(=O)c1ccc(CC(NC(=O)c2c(Cl)cc3c(c2Cl)CCN(C(=O)c2ccc(C=N)c(N)c2)C3)C(=O)O)o1. The minimum Gasteiger partial charge on any atom is -0.480 e. The molecule has 0 saturated carbocycles. The molecule has 0 spiro atoms. The Bertz CT molecular complexity index is 1650. The Balaban J connectivity index is 1.53. The Kier molecular flexibility index (Phi) is 8.24. The molecule has 3 aromatic rings. The summed E-state index contributed by atoms with van der Waals surface area (Å²) in [6.07, 6.45) is 2.05. The molecule has 40 heavy (non-hydrogen) atoms. The first kappa shape index (κ1) is 29.1. The summed E-state index contributed by atoms with van der Waals surface area (Å²) in [6, 6.07) is 7.27. The third kappa shape index (κ3) is 5.98. The normalized spacial score (nSPS) is 13.8. The molecule has 0 aliphatic carbocycles. The number of fused-ring (bicyclic) bond motifs is 1. The van der Waals surface area contributed by atoms with Crippen LogP contribution in [0.1, 0.15) is 43.2 Å². The number of nitrogen functional groups attached to an aromatic ring is 1. The molecule has 1 atom stereocenters. The number of carboxylic acids is 1. The van der Waals surface area contributed by atoms with Gasteiger partial charge in [-0.1, -0.05) is 29.3 Å². The number of aliphatic carboxylic acids is 1. The maximum atomic E-state index is 13.1. The molecule has 0 bridgehead atoms. The lowest BCUT2D eigenvalue weighted by molar-refractivity contribution is -0.139. The second kappa shape index (κ2) is 11.3. The molecular weight excluding hydrogens is 583 g/mol. The van der Waals surface area contributed by atoms with Crippen molar-refractivity contribution in [2.45, 2.75) is 30.5 Å². The second-order valence-electron chi connectivity index (χ2n) is 9.21. The molecule has 0 saturated heterocycles. The highest BCUT2D eigenvalue weighted by Gasteiger charge is 2.30. The fraction of sp³-hybridized carbons (Fsp3) is 0.231. The van der Waals surface area contributed by atoms with Gasteiger partial charge in [-0.3, -0.25) is 9.59 Å². The van der Waals surface area contributed by atoms with Crippen LogP contribution in [0.5, 0.6) is 0 Å². The number of nitrogens with one attached hydrogen (secondary N) is 2. The summed E-state index contributed by atoms with van der Waals surface area (Å²) >= 11 is 13.0. The van der Waals surface area contributed by atoms with E-state index in [4.69, 9.17) is 38.8 Å². The average Bonchev–Trinajstić information content (AvgIpc) is 3.37. The highest BCUT2D eigenvalue weighted by molar-refractivity contribution is 7.90. The van der Waals surface area contributed by atoms with E-state index < -0.39 is 27.8 Å². The van der Waals surface area contributed by atoms with Gasteiger partial charge >= 0.3 is 5.97 Å². The number of nitrogens with two attached hydrogens (primary N) is 1. The van der Waals surface area contributed by atoms with E-state index in [1.165, 1.54) is 24.3 Å². The molecule has 14 heteroatoms. The van der Waals surface area contributed by atoms with E-state index in [0.29, 0.717) is 40.9 Å². The summed E-state index contributed by atoms with van der Waals surface area (Å²) in [5, 5.41) is 19.1. The van der Waals surface area contributed by atoms with Crippen LogP contribution in [0.2, 0.25) is 10.0 Å². The lowest BCUT2D eigenvalue weighted by Crippen LogP contribution is -2.42. The molecule has 2 amide bonds. The van der Waals surface area contributed by atoms with Crippen LogP contribution in [-0.2, 0) is 34.0 Å². The standard InChI is InChI=1S/C26H24Cl2N4O7S/c1-40(37,38)21-5-4-16(39-21)10-20(26(35)36)31-24(33)22-18(27)8-15-12-32(7-6-17(15)23(22)28)25(34)13-2-3-14(11-29)19(30)9-13/h2-5,8-9,11,20,29H,6-7,10,12,30H2,1H3,(H,31,33)(H,35,36). The molecular formula is C26H24Cl2N4O7S. The zero-order valence-electron chi connectivity index (χ0n) is 21.0. The maximum absolute atomic E-state index is 13.1. The minimum absolute atomic E-state index is 0.0309. The fourth-order valence-corrected chi connectivity index (χ4v) is 5.69. The first-order valence-corrected chi connectivity index (χ1v) is 14.5. The van der Waals surface area contributed by atoms with Crippen molar-refractivity contribution in [3.05, 3.63) is 80.0 Å². The molecule has 1 unspecified atom stereocenters. The van der Waals surface area contributed by atoms with Gasteiger partial charge in [0.15, 0.2) is 0 Å². The topological polar surface area (TPSA) is 184 Å². The van der Waals surface area contributed by atoms with E-state index in [1.807, 2.05) is 0 Å². The highest BCUT2D eigenvalue weighted by Crippen LogP contribution is 2.35. The molecule has 11 nitrogen and oxygen atoms in total. The number of furan rings is 1. The second-order valence-corrected chi connectivity index (χ2v) is 11.9.